The fraction of sp³-hybridized carbons (Fsp3) is 0.278. The number of amides is 1. The van der Waals surface area contributed by atoms with Gasteiger partial charge < -0.3 is 10.1 Å². The maximum Gasteiger partial charge on any atom is 0.261 e. The molecule has 2 unspecified atom stereocenters. The number of nitrogens with one attached hydrogen (secondary N) is 1. The highest BCUT2D eigenvalue weighted by molar-refractivity contribution is 6.32. The van der Waals surface area contributed by atoms with E-state index >= 15 is 0 Å². The lowest BCUT2D eigenvalue weighted by atomic mass is 10.0. The van der Waals surface area contributed by atoms with Gasteiger partial charge in [0, 0.05) is 0 Å². The van der Waals surface area contributed by atoms with Crippen molar-refractivity contribution in [3.05, 3.63) is 65.2 Å². The lowest BCUT2D eigenvalue weighted by Gasteiger charge is -2.21. The molecule has 2 aromatic carbocycles. The van der Waals surface area contributed by atoms with Crippen molar-refractivity contribution >= 4 is 17.5 Å². The first-order valence-corrected chi connectivity index (χ1v) is 7.76. The van der Waals surface area contributed by atoms with Gasteiger partial charge in [-0.15, -0.1) is 0 Å². The molecule has 0 bridgehead atoms. The molecule has 0 saturated carbocycles. The van der Waals surface area contributed by atoms with Crippen LogP contribution in [0.4, 0.5) is 0 Å². The van der Waals surface area contributed by atoms with Crippen molar-refractivity contribution in [2.24, 2.45) is 0 Å². The fourth-order valence-corrected chi connectivity index (χ4v) is 2.36. The van der Waals surface area contributed by atoms with Gasteiger partial charge in [0.15, 0.2) is 6.10 Å². The Kier molecular flexibility index (Phi) is 5.84. The highest BCUT2D eigenvalue weighted by Gasteiger charge is 2.19. The summed E-state index contributed by atoms with van der Waals surface area (Å²) in [6.45, 7) is 3.76. The third kappa shape index (κ3) is 4.25. The van der Waals surface area contributed by atoms with Crippen molar-refractivity contribution in [2.45, 2.75) is 32.4 Å². The van der Waals surface area contributed by atoms with Crippen molar-refractivity contribution in [1.82, 2.24) is 5.32 Å². The molecule has 3 nitrogen and oxygen atoms in total. The number of benzene rings is 2. The molecule has 0 saturated heterocycles. The summed E-state index contributed by atoms with van der Waals surface area (Å²) in [6.07, 6.45) is 0.201. The molecule has 0 heterocycles. The van der Waals surface area contributed by atoms with Crippen LogP contribution in [0.25, 0.3) is 0 Å². The van der Waals surface area contributed by atoms with Crippen LogP contribution < -0.4 is 10.1 Å². The number of rotatable bonds is 6. The Bertz CT molecular complexity index is 615. The Morgan fingerprint density at radius 2 is 1.77 bits per heavy atom. The van der Waals surface area contributed by atoms with Crippen LogP contribution in [0.5, 0.6) is 5.75 Å². The van der Waals surface area contributed by atoms with Crippen molar-refractivity contribution < 1.29 is 9.53 Å². The molecule has 0 spiro atoms. The van der Waals surface area contributed by atoms with Gasteiger partial charge in [-0.2, -0.15) is 0 Å². The van der Waals surface area contributed by atoms with Gasteiger partial charge in [0.05, 0.1) is 11.1 Å². The van der Waals surface area contributed by atoms with E-state index in [1.807, 2.05) is 49.4 Å². The molecule has 1 amide bonds. The van der Waals surface area contributed by atoms with Crippen molar-refractivity contribution in [2.75, 3.05) is 0 Å². The average Bonchev–Trinajstić information content (AvgIpc) is 2.55. The lowest BCUT2D eigenvalue weighted by Crippen LogP contribution is -2.38. The van der Waals surface area contributed by atoms with E-state index in [0.29, 0.717) is 10.8 Å². The van der Waals surface area contributed by atoms with Crippen LogP contribution in [0.1, 0.15) is 31.9 Å². The molecule has 2 rings (SSSR count). The third-order valence-electron chi connectivity index (χ3n) is 3.44. The minimum atomic E-state index is -0.613. The highest BCUT2D eigenvalue weighted by Crippen LogP contribution is 2.24. The molecule has 0 fully saturated rings. The second-order valence-electron chi connectivity index (χ2n) is 5.07. The minimum absolute atomic E-state index is 0.0222. The first-order chi connectivity index (χ1) is 10.6. The SMILES string of the molecule is CCC(NC(=O)C(C)Oc1ccccc1Cl)c1ccccc1. The summed E-state index contributed by atoms with van der Waals surface area (Å²) in [6, 6.07) is 17.0. The second kappa shape index (κ2) is 7.85. The van der Waals surface area contributed by atoms with Crippen LogP contribution in [-0.4, -0.2) is 12.0 Å². The van der Waals surface area contributed by atoms with Crippen LogP contribution in [0.15, 0.2) is 54.6 Å². The largest absolute Gasteiger partial charge is 0.479 e. The summed E-state index contributed by atoms with van der Waals surface area (Å²) in [4.78, 5) is 12.3. The summed E-state index contributed by atoms with van der Waals surface area (Å²) in [5, 5.41) is 3.51. The van der Waals surface area contributed by atoms with Gasteiger partial charge in [-0.25, -0.2) is 0 Å². The molecule has 0 radical (unpaired) electrons. The molecule has 1 N–H and O–H groups in total. The summed E-state index contributed by atoms with van der Waals surface area (Å²) >= 11 is 6.05. The lowest BCUT2D eigenvalue weighted by molar-refractivity contribution is -0.128. The van der Waals surface area contributed by atoms with Gasteiger partial charge in [0.25, 0.3) is 5.91 Å². The molecule has 0 aliphatic carbocycles. The zero-order chi connectivity index (χ0) is 15.9. The number of halogens is 1. The summed E-state index contributed by atoms with van der Waals surface area (Å²) in [5.74, 6) is 0.357. The smallest absolute Gasteiger partial charge is 0.261 e. The molecule has 0 aliphatic rings. The predicted octanol–water partition coefficient (Wildman–Crippen LogP) is 4.37. The molecule has 4 heteroatoms. The van der Waals surface area contributed by atoms with Gasteiger partial charge in [-0.05, 0) is 31.0 Å². The molecule has 22 heavy (non-hydrogen) atoms. The van der Waals surface area contributed by atoms with E-state index in [-0.39, 0.29) is 11.9 Å². The zero-order valence-electron chi connectivity index (χ0n) is 12.8. The predicted molar refractivity (Wildman–Crippen MR) is 89.2 cm³/mol. The number of carbonyl (C=O) groups excluding carboxylic acids is 1. The van der Waals surface area contributed by atoms with Gasteiger partial charge in [0.2, 0.25) is 0 Å². The molecule has 0 aliphatic heterocycles. The summed E-state index contributed by atoms with van der Waals surface area (Å²) in [5.41, 5.74) is 1.09. The quantitative estimate of drug-likeness (QED) is 0.859. The van der Waals surface area contributed by atoms with E-state index in [2.05, 4.69) is 5.32 Å². The van der Waals surface area contributed by atoms with Crippen LogP contribution in [0.3, 0.4) is 0 Å². The van der Waals surface area contributed by atoms with Crippen LogP contribution in [0.2, 0.25) is 5.02 Å². The van der Waals surface area contributed by atoms with E-state index in [9.17, 15) is 4.79 Å². The number of para-hydroxylation sites is 1. The van der Waals surface area contributed by atoms with Crippen LogP contribution >= 0.6 is 11.6 Å². The Labute approximate surface area is 136 Å². The molecular formula is C18H20ClNO2. The third-order valence-corrected chi connectivity index (χ3v) is 3.75. The number of carbonyl (C=O) groups is 1. The first-order valence-electron chi connectivity index (χ1n) is 7.38. The summed E-state index contributed by atoms with van der Waals surface area (Å²) in [7, 11) is 0. The van der Waals surface area contributed by atoms with Crippen molar-refractivity contribution in [3.63, 3.8) is 0 Å². The standard InChI is InChI=1S/C18H20ClNO2/c1-3-16(14-9-5-4-6-10-14)20-18(21)13(2)22-17-12-8-7-11-15(17)19/h4-13,16H,3H2,1-2H3,(H,20,21). The summed E-state index contributed by atoms with van der Waals surface area (Å²) < 4.78 is 5.64. The normalized spacial score (nSPS) is 13.2. The van der Waals surface area contributed by atoms with E-state index in [1.165, 1.54) is 0 Å². The van der Waals surface area contributed by atoms with Crippen LogP contribution in [0, 0.1) is 0 Å². The molecular weight excluding hydrogens is 298 g/mol. The highest BCUT2D eigenvalue weighted by atomic mass is 35.5. The average molecular weight is 318 g/mol. The molecule has 2 aromatic rings. The minimum Gasteiger partial charge on any atom is -0.479 e. The monoisotopic (exact) mass is 317 g/mol. The Morgan fingerprint density at radius 3 is 2.41 bits per heavy atom. The number of hydrogen-bond donors (Lipinski definition) is 1. The maximum absolute atomic E-state index is 12.3. The van der Waals surface area contributed by atoms with Gasteiger partial charge in [0.1, 0.15) is 5.75 Å². The van der Waals surface area contributed by atoms with E-state index in [0.717, 1.165) is 12.0 Å². The Balaban J connectivity index is 2.00. The van der Waals surface area contributed by atoms with E-state index in [1.54, 1.807) is 19.1 Å². The molecule has 0 aromatic heterocycles. The van der Waals surface area contributed by atoms with Gasteiger partial charge in [-0.1, -0.05) is 61.0 Å². The topological polar surface area (TPSA) is 38.3 Å². The van der Waals surface area contributed by atoms with E-state index in [4.69, 9.17) is 16.3 Å². The van der Waals surface area contributed by atoms with Gasteiger partial charge >= 0.3 is 0 Å². The first kappa shape index (κ1) is 16.4. The number of hydrogen-bond acceptors (Lipinski definition) is 2. The number of ether oxygens (including phenoxy) is 1. The molecule has 2 atom stereocenters. The maximum atomic E-state index is 12.3. The fourth-order valence-electron chi connectivity index (χ4n) is 2.18. The Morgan fingerprint density at radius 1 is 1.14 bits per heavy atom. The Hall–Kier alpha value is -2.00. The van der Waals surface area contributed by atoms with Crippen molar-refractivity contribution in [3.8, 4) is 5.75 Å². The van der Waals surface area contributed by atoms with E-state index < -0.39 is 6.10 Å². The van der Waals surface area contributed by atoms with Gasteiger partial charge in [-0.3, -0.25) is 4.79 Å². The van der Waals surface area contributed by atoms with Crippen LogP contribution in [-0.2, 0) is 4.79 Å². The molecule has 116 valence electrons. The zero-order valence-corrected chi connectivity index (χ0v) is 13.5. The van der Waals surface area contributed by atoms with Crippen molar-refractivity contribution in [1.29, 1.82) is 0 Å². The second-order valence-corrected chi connectivity index (χ2v) is 5.48.